The van der Waals surface area contributed by atoms with Gasteiger partial charge in [0.05, 0.1) is 23.1 Å². The Morgan fingerprint density at radius 1 is 1.21 bits per heavy atom. The molecule has 39 heavy (non-hydrogen) atoms. The molecule has 0 bridgehead atoms. The van der Waals surface area contributed by atoms with Crippen molar-refractivity contribution in [3.63, 3.8) is 0 Å². The summed E-state index contributed by atoms with van der Waals surface area (Å²) in [6.07, 6.45) is 3.69. The number of carbonyl (C=O) groups excluding carboxylic acids is 2. The maximum atomic E-state index is 13.8. The molecule has 1 aliphatic rings. The van der Waals surface area contributed by atoms with Crippen molar-refractivity contribution >= 4 is 34.4 Å². The number of rotatable bonds is 12. The highest BCUT2D eigenvalue weighted by molar-refractivity contribution is 6.31. The number of carbonyl (C=O) groups is 2. The molecule has 0 aliphatic heterocycles. The van der Waals surface area contributed by atoms with Crippen LogP contribution in [0.4, 0.5) is 0 Å². The van der Waals surface area contributed by atoms with Crippen LogP contribution in [-0.4, -0.2) is 48.1 Å². The Kier molecular flexibility index (Phi) is 9.34. The van der Waals surface area contributed by atoms with Gasteiger partial charge in [-0.25, -0.2) is 4.98 Å². The standard InChI is InChI=1S/C31H41ClN4O3/c1-6-33-29(37)28(20-10-9-11-20)36-30(38)31(4,18-39-5)21-14-15-25-26(16-21)35-27(34-25)17-23(19(2)3)22-12-7-8-13-24(22)32/h7-8,12-16,19-20,23,28H,6,9-11,17-18H2,1-5H3,(H,33,37)(H,34,35)(H,36,38)/t23-,28+,31?/m0/s1. The van der Waals surface area contributed by atoms with Gasteiger partial charge in [-0.05, 0) is 73.8 Å². The van der Waals surface area contributed by atoms with E-state index in [9.17, 15) is 9.59 Å². The smallest absolute Gasteiger partial charge is 0.242 e. The van der Waals surface area contributed by atoms with E-state index in [4.69, 9.17) is 21.3 Å². The molecule has 4 rings (SSSR count). The number of aromatic nitrogens is 2. The third kappa shape index (κ3) is 6.30. The molecule has 0 radical (unpaired) electrons. The highest BCUT2D eigenvalue weighted by atomic mass is 35.5. The number of hydrogen-bond donors (Lipinski definition) is 3. The highest BCUT2D eigenvalue weighted by Crippen LogP contribution is 2.34. The van der Waals surface area contributed by atoms with Crippen molar-refractivity contribution in [3.05, 3.63) is 64.4 Å². The number of amides is 2. The van der Waals surface area contributed by atoms with Crippen molar-refractivity contribution in [3.8, 4) is 0 Å². The van der Waals surface area contributed by atoms with E-state index in [0.29, 0.717) is 12.5 Å². The van der Waals surface area contributed by atoms with Gasteiger partial charge in [0.1, 0.15) is 11.9 Å². The summed E-state index contributed by atoms with van der Waals surface area (Å²) in [5.41, 5.74) is 2.64. The van der Waals surface area contributed by atoms with Crippen LogP contribution in [0.15, 0.2) is 42.5 Å². The highest BCUT2D eigenvalue weighted by Gasteiger charge is 2.41. The molecular weight excluding hydrogens is 512 g/mol. The van der Waals surface area contributed by atoms with Gasteiger partial charge in [-0.15, -0.1) is 0 Å². The number of H-pyrrole nitrogens is 1. The first-order valence-electron chi connectivity index (χ1n) is 14.0. The predicted octanol–water partition coefficient (Wildman–Crippen LogP) is 5.52. The molecular formula is C31H41ClN4O3. The van der Waals surface area contributed by atoms with Crippen LogP contribution < -0.4 is 10.6 Å². The van der Waals surface area contributed by atoms with Crippen LogP contribution in [0.25, 0.3) is 11.0 Å². The van der Waals surface area contributed by atoms with Crippen LogP contribution in [0, 0.1) is 11.8 Å². The molecule has 0 spiro atoms. The molecule has 3 atom stereocenters. The molecule has 1 saturated carbocycles. The third-order valence-electron chi connectivity index (χ3n) is 8.17. The number of fused-ring (bicyclic) bond motifs is 1. The van der Waals surface area contributed by atoms with E-state index in [1.807, 2.05) is 50.2 Å². The molecule has 3 N–H and O–H groups in total. The molecule has 1 aromatic heterocycles. The first-order valence-corrected chi connectivity index (χ1v) is 14.4. The lowest BCUT2D eigenvalue weighted by Crippen LogP contribution is -2.57. The zero-order valence-corrected chi connectivity index (χ0v) is 24.4. The number of methoxy groups -OCH3 is 1. The number of ether oxygens (including phenoxy) is 1. The third-order valence-corrected chi connectivity index (χ3v) is 8.51. The predicted molar refractivity (Wildman–Crippen MR) is 156 cm³/mol. The van der Waals surface area contributed by atoms with Gasteiger partial charge in [-0.3, -0.25) is 9.59 Å². The number of nitrogens with one attached hydrogen (secondary N) is 3. The maximum Gasteiger partial charge on any atom is 0.242 e. The Morgan fingerprint density at radius 3 is 2.56 bits per heavy atom. The quantitative estimate of drug-likeness (QED) is 0.275. The minimum atomic E-state index is -0.985. The van der Waals surface area contributed by atoms with Crippen molar-refractivity contribution in [2.24, 2.45) is 11.8 Å². The number of halogens is 1. The molecule has 2 amide bonds. The first-order chi connectivity index (χ1) is 18.7. The Hall–Kier alpha value is -2.90. The van der Waals surface area contributed by atoms with E-state index in [1.54, 1.807) is 7.11 Å². The van der Waals surface area contributed by atoms with Gasteiger partial charge in [-0.1, -0.05) is 56.1 Å². The summed E-state index contributed by atoms with van der Waals surface area (Å²) in [4.78, 5) is 34.9. The van der Waals surface area contributed by atoms with E-state index in [1.165, 1.54) is 0 Å². The molecule has 0 saturated heterocycles. The second kappa shape index (κ2) is 12.5. The SMILES string of the molecule is CCNC(=O)[C@H](NC(=O)C(C)(COC)c1ccc2nc(C[C@H](c3ccccc3Cl)C(C)C)[nH]c2c1)C1CCC1. The Balaban J connectivity index is 1.61. The van der Waals surface area contributed by atoms with Gasteiger partial charge >= 0.3 is 0 Å². The molecule has 3 aromatic rings. The van der Waals surface area contributed by atoms with Crippen LogP contribution in [0.5, 0.6) is 0 Å². The van der Waals surface area contributed by atoms with Gasteiger partial charge in [0.2, 0.25) is 11.8 Å². The minimum Gasteiger partial charge on any atom is -0.383 e. The fourth-order valence-corrected chi connectivity index (χ4v) is 5.79. The summed E-state index contributed by atoms with van der Waals surface area (Å²) in [6, 6.07) is 13.3. The topological polar surface area (TPSA) is 96.1 Å². The van der Waals surface area contributed by atoms with Gasteiger partial charge in [0.25, 0.3) is 0 Å². The van der Waals surface area contributed by atoms with Crippen molar-refractivity contribution < 1.29 is 14.3 Å². The van der Waals surface area contributed by atoms with Crippen molar-refractivity contribution in [2.75, 3.05) is 20.3 Å². The molecule has 7 nitrogen and oxygen atoms in total. The Bertz CT molecular complexity index is 1300. The largest absolute Gasteiger partial charge is 0.383 e. The summed E-state index contributed by atoms with van der Waals surface area (Å²) in [5.74, 6) is 1.28. The monoisotopic (exact) mass is 552 g/mol. The van der Waals surface area contributed by atoms with Gasteiger partial charge in [0.15, 0.2) is 0 Å². The molecule has 8 heteroatoms. The molecule has 1 aliphatic carbocycles. The number of nitrogens with zero attached hydrogens (tertiary/aromatic N) is 1. The van der Waals surface area contributed by atoms with E-state index in [2.05, 4.69) is 35.5 Å². The van der Waals surface area contributed by atoms with Crippen molar-refractivity contribution in [2.45, 2.75) is 70.8 Å². The molecule has 1 heterocycles. The lowest BCUT2D eigenvalue weighted by molar-refractivity contribution is -0.135. The van der Waals surface area contributed by atoms with E-state index < -0.39 is 11.5 Å². The first kappa shape index (κ1) is 29.1. The molecule has 2 aromatic carbocycles. The lowest BCUT2D eigenvalue weighted by atomic mass is 9.77. The van der Waals surface area contributed by atoms with Crippen LogP contribution in [0.2, 0.25) is 5.02 Å². The number of aromatic amines is 1. The maximum absolute atomic E-state index is 13.8. The fourth-order valence-electron chi connectivity index (χ4n) is 5.52. The summed E-state index contributed by atoms with van der Waals surface area (Å²) in [5, 5.41) is 6.72. The Morgan fingerprint density at radius 2 is 1.95 bits per heavy atom. The second-order valence-corrected chi connectivity index (χ2v) is 11.7. The minimum absolute atomic E-state index is 0.123. The second-order valence-electron chi connectivity index (χ2n) is 11.3. The average molecular weight is 553 g/mol. The van der Waals surface area contributed by atoms with E-state index >= 15 is 0 Å². The van der Waals surface area contributed by atoms with Crippen molar-refractivity contribution in [1.29, 1.82) is 0 Å². The van der Waals surface area contributed by atoms with Crippen LogP contribution in [-0.2, 0) is 26.2 Å². The lowest BCUT2D eigenvalue weighted by Gasteiger charge is -2.36. The fraction of sp³-hybridized carbons (Fsp3) is 0.516. The van der Waals surface area contributed by atoms with Gasteiger partial charge < -0.3 is 20.4 Å². The van der Waals surface area contributed by atoms with Gasteiger partial charge in [-0.2, -0.15) is 0 Å². The summed E-state index contributed by atoms with van der Waals surface area (Å²) in [7, 11) is 1.59. The van der Waals surface area contributed by atoms with Crippen LogP contribution >= 0.6 is 11.6 Å². The summed E-state index contributed by atoms with van der Waals surface area (Å²) in [6.45, 7) is 8.85. The average Bonchev–Trinajstić information content (AvgIpc) is 3.28. The van der Waals surface area contributed by atoms with Crippen LogP contribution in [0.3, 0.4) is 0 Å². The van der Waals surface area contributed by atoms with Crippen molar-refractivity contribution in [1.82, 2.24) is 20.6 Å². The summed E-state index contributed by atoms with van der Waals surface area (Å²) < 4.78 is 5.53. The van der Waals surface area contributed by atoms with E-state index in [0.717, 1.165) is 58.7 Å². The molecule has 210 valence electrons. The number of benzene rings is 2. The zero-order chi connectivity index (χ0) is 28.2. The number of imidazole rings is 1. The molecule has 1 fully saturated rings. The van der Waals surface area contributed by atoms with Gasteiger partial charge in [0, 0.05) is 25.1 Å². The normalized spacial score (nSPS) is 16.9. The zero-order valence-electron chi connectivity index (χ0n) is 23.6. The Labute approximate surface area is 236 Å². The molecule has 1 unspecified atom stereocenters. The summed E-state index contributed by atoms with van der Waals surface area (Å²) >= 11 is 6.54. The van der Waals surface area contributed by atoms with Crippen LogP contribution in [0.1, 0.15) is 69.8 Å². The number of hydrogen-bond acceptors (Lipinski definition) is 4. The van der Waals surface area contributed by atoms with E-state index in [-0.39, 0.29) is 30.3 Å². The number of likely N-dealkylation sites (N-methyl/N-ethyl adjacent to an activating group) is 1.